The molecule has 0 saturated heterocycles. The van der Waals surface area contributed by atoms with E-state index in [9.17, 15) is 5.11 Å². The van der Waals surface area contributed by atoms with E-state index < -0.39 is 0 Å². The highest BCUT2D eigenvalue weighted by atomic mass is 16.6. The first-order valence-electron chi connectivity index (χ1n) is 12.6. The van der Waals surface area contributed by atoms with E-state index in [0.29, 0.717) is 77.4 Å². The molecule has 0 aromatic heterocycles. The number of fused-ring (bicyclic) bond motifs is 2. The predicted octanol–water partition coefficient (Wildman–Crippen LogP) is 4.29. The number of ether oxygens (including phenoxy) is 5. The molecule has 37 heavy (non-hydrogen) atoms. The molecule has 0 bridgehead atoms. The molecule has 1 heterocycles. The van der Waals surface area contributed by atoms with Crippen LogP contribution in [0.1, 0.15) is 17.5 Å². The molecule has 8 nitrogen and oxygen atoms in total. The Hall–Kier alpha value is -3.46. The smallest absolute Gasteiger partial charge is 0.161 e. The number of nitrogens with zero attached hydrogens (tertiary/aromatic N) is 2. The van der Waals surface area contributed by atoms with Gasteiger partial charge in [-0.1, -0.05) is 30.3 Å². The number of benzene rings is 3. The summed E-state index contributed by atoms with van der Waals surface area (Å²) < 4.78 is 28.3. The summed E-state index contributed by atoms with van der Waals surface area (Å²) >= 11 is 0. The van der Waals surface area contributed by atoms with Gasteiger partial charge in [0.2, 0.25) is 0 Å². The Kier molecular flexibility index (Phi) is 10.7. The van der Waals surface area contributed by atoms with Crippen LogP contribution in [0.5, 0.6) is 17.2 Å². The van der Waals surface area contributed by atoms with Crippen molar-refractivity contribution in [1.29, 1.82) is 0 Å². The van der Waals surface area contributed by atoms with Gasteiger partial charge >= 0.3 is 0 Å². The van der Waals surface area contributed by atoms with Crippen molar-refractivity contribution in [3.05, 3.63) is 65.7 Å². The van der Waals surface area contributed by atoms with Crippen LogP contribution >= 0.6 is 0 Å². The van der Waals surface area contributed by atoms with Crippen LogP contribution in [0.25, 0.3) is 10.8 Å². The fourth-order valence-electron chi connectivity index (χ4n) is 3.80. The highest BCUT2D eigenvalue weighted by Crippen LogP contribution is 2.28. The second-order valence-corrected chi connectivity index (χ2v) is 8.38. The third-order valence-electron chi connectivity index (χ3n) is 5.67. The number of hydrogen-bond acceptors (Lipinski definition) is 8. The number of phenolic OH excluding ortho intramolecular Hbond substituents is 1. The monoisotopic (exact) mass is 506 g/mol. The quantitative estimate of drug-likeness (QED) is 0.396. The molecule has 196 valence electrons. The second-order valence-electron chi connectivity index (χ2n) is 8.38. The minimum Gasteiger partial charge on any atom is -0.507 e. The summed E-state index contributed by atoms with van der Waals surface area (Å²) in [6, 6.07) is 17.3. The third-order valence-corrected chi connectivity index (χ3v) is 5.67. The van der Waals surface area contributed by atoms with Gasteiger partial charge in [0.25, 0.3) is 0 Å². The van der Waals surface area contributed by atoms with Crippen LogP contribution in [0.4, 0.5) is 0 Å². The molecular weight excluding hydrogens is 472 g/mol. The van der Waals surface area contributed by atoms with Crippen LogP contribution in [0.2, 0.25) is 0 Å². The van der Waals surface area contributed by atoms with Crippen molar-refractivity contribution in [1.82, 2.24) is 0 Å². The van der Waals surface area contributed by atoms with Gasteiger partial charge in [0.1, 0.15) is 19.0 Å². The van der Waals surface area contributed by atoms with Crippen molar-refractivity contribution in [2.45, 2.75) is 6.42 Å². The lowest BCUT2D eigenvalue weighted by Gasteiger charge is -2.13. The molecule has 3 aromatic carbocycles. The van der Waals surface area contributed by atoms with Gasteiger partial charge in [-0.05, 0) is 47.0 Å². The highest BCUT2D eigenvalue weighted by molar-refractivity contribution is 6.02. The Balaban J connectivity index is 1.28. The molecule has 3 aromatic rings. The van der Waals surface area contributed by atoms with Gasteiger partial charge in [-0.15, -0.1) is 0 Å². The van der Waals surface area contributed by atoms with E-state index in [2.05, 4.69) is 9.98 Å². The fraction of sp³-hybridized carbons (Fsp3) is 0.379. The van der Waals surface area contributed by atoms with Crippen molar-refractivity contribution in [2.24, 2.45) is 9.98 Å². The normalized spacial score (nSPS) is 16.1. The molecular formula is C29H34N2O6. The molecule has 4 rings (SSSR count). The van der Waals surface area contributed by atoms with Gasteiger partial charge in [-0.25, -0.2) is 0 Å². The Labute approximate surface area is 217 Å². The van der Waals surface area contributed by atoms with Gasteiger partial charge in [-0.3, -0.25) is 9.98 Å². The Morgan fingerprint density at radius 1 is 0.676 bits per heavy atom. The summed E-state index contributed by atoms with van der Waals surface area (Å²) in [6.45, 7) is 5.17. The van der Waals surface area contributed by atoms with Crippen LogP contribution in [-0.4, -0.2) is 83.5 Å². The van der Waals surface area contributed by atoms with E-state index in [4.69, 9.17) is 23.7 Å². The standard InChI is InChI=1S/C29H34N2O6/c32-27-8-7-24-4-1-2-5-25(24)26(27)22-31-11-3-10-30-21-23-6-9-28-29(20-23)37-19-17-35-15-13-33-12-14-34-16-18-36-28/h1-2,4-9,20-22,32H,3,10-19H2. The molecule has 0 spiro atoms. The van der Waals surface area contributed by atoms with Gasteiger partial charge < -0.3 is 28.8 Å². The van der Waals surface area contributed by atoms with Crippen molar-refractivity contribution in [2.75, 3.05) is 65.9 Å². The number of phenols is 1. The van der Waals surface area contributed by atoms with Crippen molar-refractivity contribution < 1.29 is 28.8 Å². The van der Waals surface area contributed by atoms with E-state index in [1.54, 1.807) is 12.3 Å². The number of aliphatic imine (C=N–C) groups is 2. The van der Waals surface area contributed by atoms with E-state index in [0.717, 1.165) is 28.3 Å². The minimum atomic E-state index is 0.234. The van der Waals surface area contributed by atoms with E-state index in [1.807, 2.05) is 54.7 Å². The lowest BCUT2D eigenvalue weighted by Crippen LogP contribution is -2.13. The van der Waals surface area contributed by atoms with Gasteiger partial charge in [-0.2, -0.15) is 0 Å². The van der Waals surface area contributed by atoms with Crippen LogP contribution in [0.3, 0.4) is 0 Å². The molecule has 0 atom stereocenters. The maximum atomic E-state index is 10.2. The molecule has 0 radical (unpaired) electrons. The lowest BCUT2D eigenvalue weighted by atomic mass is 10.0. The average molecular weight is 507 g/mol. The third kappa shape index (κ3) is 8.56. The lowest BCUT2D eigenvalue weighted by molar-refractivity contribution is 0.00708. The van der Waals surface area contributed by atoms with E-state index >= 15 is 0 Å². The molecule has 0 aliphatic carbocycles. The topological polar surface area (TPSA) is 91.1 Å². The largest absolute Gasteiger partial charge is 0.507 e. The minimum absolute atomic E-state index is 0.234. The Morgan fingerprint density at radius 2 is 1.32 bits per heavy atom. The second kappa shape index (κ2) is 14.9. The fourth-order valence-corrected chi connectivity index (χ4v) is 3.80. The molecule has 0 unspecified atom stereocenters. The predicted molar refractivity (Wildman–Crippen MR) is 145 cm³/mol. The van der Waals surface area contributed by atoms with Gasteiger partial charge in [0, 0.05) is 31.1 Å². The Bertz CT molecular complexity index is 1180. The number of aromatic hydroxyl groups is 1. The van der Waals surface area contributed by atoms with Crippen molar-refractivity contribution in [3.63, 3.8) is 0 Å². The molecule has 0 amide bonds. The first-order chi connectivity index (χ1) is 18.3. The molecule has 8 heteroatoms. The van der Waals surface area contributed by atoms with Crippen LogP contribution in [0.15, 0.2) is 64.6 Å². The zero-order valence-electron chi connectivity index (χ0n) is 21.0. The average Bonchev–Trinajstić information content (AvgIpc) is 2.93. The molecule has 1 aliphatic heterocycles. The summed E-state index contributed by atoms with van der Waals surface area (Å²) in [7, 11) is 0. The molecule has 1 N–H and O–H groups in total. The van der Waals surface area contributed by atoms with Gasteiger partial charge in [0.05, 0.1) is 39.6 Å². The molecule has 0 saturated carbocycles. The molecule has 0 fully saturated rings. The molecule has 1 aliphatic rings. The van der Waals surface area contributed by atoms with Crippen molar-refractivity contribution >= 4 is 23.2 Å². The maximum Gasteiger partial charge on any atom is 0.161 e. The summed E-state index contributed by atoms with van der Waals surface area (Å²) in [6.07, 6.45) is 4.37. The van der Waals surface area contributed by atoms with Crippen LogP contribution < -0.4 is 9.47 Å². The number of hydrogen-bond donors (Lipinski definition) is 1. The van der Waals surface area contributed by atoms with Crippen LogP contribution in [-0.2, 0) is 14.2 Å². The highest BCUT2D eigenvalue weighted by Gasteiger charge is 2.08. The maximum absolute atomic E-state index is 10.2. The summed E-state index contributed by atoms with van der Waals surface area (Å²) in [5, 5.41) is 12.3. The number of rotatable bonds is 6. The summed E-state index contributed by atoms with van der Waals surface area (Å²) in [5.41, 5.74) is 1.67. The Morgan fingerprint density at radius 3 is 2.08 bits per heavy atom. The zero-order chi connectivity index (χ0) is 25.5. The summed E-state index contributed by atoms with van der Waals surface area (Å²) in [5.74, 6) is 1.55. The van der Waals surface area contributed by atoms with Crippen molar-refractivity contribution in [3.8, 4) is 17.2 Å². The van der Waals surface area contributed by atoms with Crippen LogP contribution in [0, 0.1) is 0 Å². The zero-order valence-corrected chi connectivity index (χ0v) is 21.0. The summed E-state index contributed by atoms with van der Waals surface area (Å²) in [4.78, 5) is 9.03. The van der Waals surface area contributed by atoms with E-state index in [-0.39, 0.29) is 5.75 Å². The van der Waals surface area contributed by atoms with E-state index in [1.165, 1.54) is 0 Å². The SMILES string of the molecule is Oc1ccc2ccccc2c1C=NCCCN=Cc1ccc2c(c1)OCCOCCOCCOCCO2. The van der Waals surface area contributed by atoms with Gasteiger partial charge in [0.15, 0.2) is 11.5 Å². The first-order valence-corrected chi connectivity index (χ1v) is 12.6. The first kappa shape index (κ1) is 26.6.